The maximum Gasteiger partial charge on any atom is 0.271 e. The summed E-state index contributed by atoms with van der Waals surface area (Å²) < 4.78 is 15.1. The van der Waals surface area contributed by atoms with Crippen molar-refractivity contribution >= 4 is 12.1 Å². The van der Waals surface area contributed by atoms with E-state index in [1.165, 1.54) is 30.0 Å². The van der Waals surface area contributed by atoms with Crippen molar-refractivity contribution < 1.29 is 9.18 Å². The van der Waals surface area contributed by atoms with Crippen molar-refractivity contribution in [2.45, 2.75) is 34.2 Å². The van der Waals surface area contributed by atoms with Crippen LogP contribution in [0, 0.1) is 25.6 Å². The van der Waals surface area contributed by atoms with Gasteiger partial charge in [0.2, 0.25) is 0 Å². The molecule has 1 N–H and O–H groups in total. The van der Waals surface area contributed by atoms with Crippen molar-refractivity contribution in [3.8, 4) is 0 Å². The summed E-state index contributed by atoms with van der Waals surface area (Å²) >= 11 is 0. The lowest BCUT2D eigenvalue weighted by Gasteiger charge is -2.11. The molecule has 0 saturated carbocycles. The Morgan fingerprint density at radius 2 is 1.96 bits per heavy atom. The molecule has 0 aliphatic heterocycles. The Morgan fingerprint density at radius 3 is 2.57 bits per heavy atom. The first-order chi connectivity index (χ1) is 10.9. The van der Waals surface area contributed by atoms with Crippen LogP contribution in [0.1, 0.15) is 41.2 Å². The molecule has 0 bridgehead atoms. The Balaban J connectivity index is 2.06. The first kappa shape index (κ1) is 16.9. The summed E-state index contributed by atoms with van der Waals surface area (Å²) in [6.45, 7) is 9.40. The SMILES string of the molecule is Cc1cc(C=NNC(=O)c2ccc(F)cc2)c(C)n1CC(C)C. The number of hydrogen-bond acceptors (Lipinski definition) is 2. The highest BCUT2D eigenvalue weighted by Gasteiger charge is 2.09. The second-order valence-electron chi connectivity index (χ2n) is 6.04. The molecule has 1 aromatic heterocycles. The lowest BCUT2D eigenvalue weighted by Crippen LogP contribution is -2.17. The van der Waals surface area contributed by atoms with Crippen LogP contribution < -0.4 is 5.43 Å². The van der Waals surface area contributed by atoms with E-state index in [2.05, 4.69) is 35.9 Å². The van der Waals surface area contributed by atoms with E-state index in [0.717, 1.165) is 17.8 Å². The molecule has 5 heteroatoms. The molecule has 0 spiro atoms. The van der Waals surface area contributed by atoms with Gasteiger partial charge in [-0.2, -0.15) is 5.10 Å². The number of hydrogen-bond donors (Lipinski definition) is 1. The molecule has 2 aromatic rings. The van der Waals surface area contributed by atoms with Gasteiger partial charge in [-0.1, -0.05) is 13.8 Å². The fraction of sp³-hybridized carbons (Fsp3) is 0.333. The fourth-order valence-electron chi connectivity index (χ4n) is 2.43. The van der Waals surface area contributed by atoms with Crippen LogP contribution in [0.15, 0.2) is 35.4 Å². The predicted molar refractivity (Wildman–Crippen MR) is 90.2 cm³/mol. The van der Waals surface area contributed by atoms with E-state index < -0.39 is 0 Å². The number of benzene rings is 1. The van der Waals surface area contributed by atoms with Gasteiger partial charge in [0.1, 0.15) is 5.82 Å². The molecule has 4 nitrogen and oxygen atoms in total. The molecule has 1 amide bonds. The number of carbonyl (C=O) groups excluding carboxylic acids is 1. The van der Waals surface area contributed by atoms with Gasteiger partial charge in [0.05, 0.1) is 6.21 Å². The molecular formula is C18H22FN3O. The third-order valence-corrected chi connectivity index (χ3v) is 3.64. The van der Waals surface area contributed by atoms with Crippen LogP contribution in [0.5, 0.6) is 0 Å². The Bertz CT molecular complexity index is 715. The molecule has 0 aliphatic rings. The Labute approximate surface area is 136 Å². The minimum atomic E-state index is -0.373. The summed E-state index contributed by atoms with van der Waals surface area (Å²) in [5, 5.41) is 4.00. The number of hydrazone groups is 1. The summed E-state index contributed by atoms with van der Waals surface area (Å²) in [6, 6.07) is 7.39. The zero-order chi connectivity index (χ0) is 17.0. The standard InChI is InChI=1S/C18H22FN3O/c1-12(2)11-22-13(3)9-16(14(22)4)10-20-21-18(23)15-5-7-17(19)8-6-15/h5-10,12H,11H2,1-4H3,(H,21,23). The van der Waals surface area contributed by atoms with Gasteiger partial charge in [-0.15, -0.1) is 0 Å². The summed E-state index contributed by atoms with van der Waals surface area (Å²) in [7, 11) is 0. The summed E-state index contributed by atoms with van der Waals surface area (Å²) in [5.74, 6) is -0.178. The maximum atomic E-state index is 12.8. The molecule has 122 valence electrons. The van der Waals surface area contributed by atoms with Crippen molar-refractivity contribution in [3.63, 3.8) is 0 Å². The highest BCUT2D eigenvalue weighted by molar-refractivity contribution is 5.94. The minimum absolute atomic E-state index is 0.364. The third kappa shape index (κ3) is 4.28. The van der Waals surface area contributed by atoms with E-state index in [-0.39, 0.29) is 11.7 Å². The fourth-order valence-corrected chi connectivity index (χ4v) is 2.43. The first-order valence-corrected chi connectivity index (χ1v) is 7.64. The van der Waals surface area contributed by atoms with Crippen molar-refractivity contribution in [1.29, 1.82) is 0 Å². The first-order valence-electron chi connectivity index (χ1n) is 7.64. The number of nitrogens with one attached hydrogen (secondary N) is 1. The van der Waals surface area contributed by atoms with Gasteiger partial charge < -0.3 is 4.57 Å². The largest absolute Gasteiger partial charge is 0.348 e. The van der Waals surface area contributed by atoms with E-state index in [9.17, 15) is 9.18 Å². The Kier molecular flexibility index (Phi) is 5.32. The Hall–Kier alpha value is -2.43. The van der Waals surface area contributed by atoms with Gasteiger partial charge in [0, 0.05) is 29.1 Å². The molecule has 0 unspecified atom stereocenters. The van der Waals surface area contributed by atoms with E-state index in [0.29, 0.717) is 11.5 Å². The highest BCUT2D eigenvalue weighted by atomic mass is 19.1. The van der Waals surface area contributed by atoms with Crippen molar-refractivity contribution in [1.82, 2.24) is 9.99 Å². The molecule has 0 fully saturated rings. The van der Waals surface area contributed by atoms with Crippen LogP contribution in [0.3, 0.4) is 0 Å². The number of carbonyl (C=O) groups is 1. The van der Waals surface area contributed by atoms with Crippen LogP contribution in [0.25, 0.3) is 0 Å². The quantitative estimate of drug-likeness (QED) is 0.664. The zero-order valence-corrected chi connectivity index (χ0v) is 13.9. The monoisotopic (exact) mass is 315 g/mol. The predicted octanol–water partition coefficient (Wildman–Crippen LogP) is 3.66. The smallest absolute Gasteiger partial charge is 0.271 e. The van der Waals surface area contributed by atoms with E-state index in [1.807, 2.05) is 13.0 Å². The van der Waals surface area contributed by atoms with Gasteiger partial charge in [-0.25, -0.2) is 9.82 Å². The van der Waals surface area contributed by atoms with Crippen LogP contribution in [0.2, 0.25) is 0 Å². The number of nitrogens with zero attached hydrogens (tertiary/aromatic N) is 2. The average Bonchev–Trinajstić information content (AvgIpc) is 2.75. The Morgan fingerprint density at radius 1 is 1.30 bits per heavy atom. The second kappa shape index (κ2) is 7.22. The third-order valence-electron chi connectivity index (χ3n) is 3.64. The van der Waals surface area contributed by atoms with Gasteiger partial charge in [-0.3, -0.25) is 4.79 Å². The van der Waals surface area contributed by atoms with Gasteiger partial charge in [0.25, 0.3) is 5.91 Å². The van der Waals surface area contributed by atoms with Crippen LogP contribution in [0.4, 0.5) is 4.39 Å². The number of halogens is 1. The van der Waals surface area contributed by atoms with E-state index in [1.54, 1.807) is 6.21 Å². The average molecular weight is 315 g/mol. The minimum Gasteiger partial charge on any atom is -0.348 e. The molecule has 0 atom stereocenters. The molecule has 1 heterocycles. The van der Waals surface area contributed by atoms with Crippen molar-refractivity contribution in [3.05, 3.63) is 58.7 Å². The lowest BCUT2D eigenvalue weighted by atomic mass is 10.2. The molecule has 0 aliphatic carbocycles. The maximum absolute atomic E-state index is 12.8. The van der Waals surface area contributed by atoms with Crippen LogP contribution >= 0.6 is 0 Å². The second-order valence-corrected chi connectivity index (χ2v) is 6.04. The lowest BCUT2D eigenvalue weighted by molar-refractivity contribution is 0.0955. The molecule has 2 rings (SSSR count). The van der Waals surface area contributed by atoms with Crippen molar-refractivity contribution in [2.24, 2.45) is 11.0 Å². The number of aryl methyl sites for hydroxylation is 1. The van der Waals surface area contributed by atoms with E-state index >= 15 is 0 Å². The summed E-state index contributed by atoms with van der Waals surface area (Å²) in [5.41, 5.74) is 6.10. The highest BCUT2D eigenvalue weighted by Crippen LogP contribution is 2.15. The molecule has 0 saturated heterocycles. The van der Waals surface area contributed by atoms with E-state index in [4.69, 9.17) is 0 Å². The summed E-state index contributed by atoms with van der Waals surface area (Å²) in [6.07, 6.45) is 1.64. The molecule has 1 aromatic carbocycles. The summed E-state index contributed by atoms with van der Waals surface area (Å²) in [4.78, 5) is 11.9. The van der Waals surface area contributed by atoms with Gasteiger partial charge >= 0.3 is 0 Å². The molecular weight excluding hydrogens is 293 g/mol. The number of rotatable bonds is 5. The van der Waals surface area contributed by atoms with Crippen LogP contribution in [-0.4, -0.2) is 16.7 Å². The van der Waals surface area contributed by atoms with Gasteiger partial charge in [-0.05, 0) is 50.1 Å². The number of amides is 1. The molecule has 0 radical (unpaired) electrons. The topological polar surface area (TPSA) is 46.4 Å². The van der Waals surface area contributed by atoms with Gasteiger partial charge in [0.15, 0.2) is 0 Å². The zero-order valence-electron chi connectivity index (χ0n) is 13.9. The normalized spacial score (nSPS) is 11.4. The molecule has 23 heavy (non-hydrogen) atoms. The van der Waals surface area contributed by atoms with Crippen LogP contribution in [-0.2, 0) is 6.54 Å². The van der Waals surface area contributed by atoms with Crippen molar-refractivity contribution in [2.75, 3.05) is 0 Å². The number of aromatic nitrogens is 1.